The van der Waals surface area contributed by atoms with Gasteiger partial charge in [-0.05, 0) is 55.6 Å². The Morgan fingerprint density at radius 1 is 1.00 bits per heavy atom. The van der Waals surface area contributed by atoms with Crippen LogP contribution in [0, 0.1) is 0 Å². The molecule has 1 aromatic rings. The number of rotatable bonds is 11. The number of hydrogen-bond acceptors (Lipinski definition) is 3. The molecule has 0 fully saturated rings. The van der Waals surface area contributed by atoms with Gasteiger partial charge in [-0.2, -0.15) is 11.8 Å². The lowest BCUT2D eigenvalue weighted by Gasteiger charge is -2.18. The van der Waals surface area contributed by atoms with Crippen molar-refractivity contribution in [3.05, 3.63) is 35.4 Å². The highest BCUT2D eigenvalue weighted by Gasteiger charge is 2.01. The van der Waals surface area contributed by atoms with E-state index in [4.69, 9.17) is 0 Å². The second-order valence-corrected chi connectivity index (χ2v) is 6.14. The Hall–Kier alpha value is -0.510. The SMILES string of the molecule is CCN(CC)Cc1ccc(CNCCCCSC)cc1. The van der Waals surface area contributed by atoms with Gasteiger partial charge in [-0.15, -0.1) is 0 Å². The van der Waals surface area contributed by atoms with E-state index in [0.29, 0.717) is 0 Å². The monoisotopic (exact) mass is 294 g/mol. The van der Waals surface area contributed by atoms with Crippen LogP contribution in [0.15, 0.2) is 24.3 Å². The second kappa shape index (κ2) is 11.2. The molecule has 0 unspecified atom stereocenters. The zero-order chi connectivity index (χ0) is 14.6. The maximum Gasteiger partial charge on any atom is 0.0233 e. The van der Waals surface area contributed by atoms with Crippen molar-refractivity contribution in [2.24, 2.45) is 0 Å². The standard InChI is InChI=1S/C17H30N2S/c1-4-19(5-2)15-17-10-8-16(9-11-17)14-18-12-6-7-13-20-3/h8-11,18H,4-7,12-15H2,1-3H3. The lowest BCUT2D eigenvalue weighted by molar-refractivity contribution is 0.296. The Morgan fingerprint density at radius 2 is 1.65 bits per heavy atom. The third-order valence-corrected chi connectivity index (χ3v) is 4.30. The molecular weight excluding hydrogens is 264 g/mol. The third kappa shape index (κ3) is 7.32. The summed E-state index contributed by atoms with van der Waals surface area (Å²) in [7, 11) is 0. The van der Waals surface area contributed by atoms with Crippen LogP contribution in [-0.4, -0.2) is 36.5 Å². The summed E-state index contributed by atoms with van der Waals surface area (Å²) in [6.45, 7) is 9.87. The van der Waals surface area contributed by atoms with E-state index in [9.17, 15) is 0 Å². The fourth-order valence-electron chi connectivity index (χ4n) is 2.20. The van der Waals surface area contributed by atoms with E-state index in [1.807, 2.05) is 11.8 Å². The minimum absolute atomic E-state index is 0.991. The van der Waals surface area contributed by atoms with Gasteiger partial charge >= 0.3 is 0 Å². The zero-order valence-electron chi connectivity index (χ0n) is 13.3. The van der Waals surface area contributed by atoms with Crippen LogP contribution in [0.5, 0.6) is 0 Å². The first-order valence-electron chi connectivity index (χ1n) is 7.80. The molecule has 0 aromatic heterocycles. The molecule has 0 bridgehead atoms. The Balaban J connectivity index is 2.24. The van der Waals surface area contributed by atoms with Crippen LogP contribution in [0.4, 0.5) is 0 Å². The predicted octanol–water partition coefficient (Wildman–Crippen LogP) is 3.76. The van der Waals surface area contributed by atoms with E-state index >= 15 is 0 Å². The molecule has 0 amide bonds. The van der Waals surface area contributed by atoms with Gasteiger partial charge in [0.15, 0.2) is 0 Å². The first kappa shape index (κ1) is 17.5. The van der Waals surface area contributed by atoms with E-state index < -0.39 is 0 Å². The molecule has 0 saturated carbocycles. The smallest absolute Gasteiger partial charge is 0.0233 e. The van der Waals surface area contributed by atoms with Crippen LogP contribution in [-0.2, 0) is 13.1 Å². The van der Waals surface area contributed by atoms with Crippen molar-refractivity contribution in [2.45, 2.75) is 39.8 Å². The first-order valence-corrected chi connectivity index (χ1v) is 9.19. The number of nitrogens with zero attached hydrogens (tertiary/aromatic N) is 1. The fraction of sp³-hybridized carbons (Fsp3) is 0.647. The van der Waals surface area contributed by atoms with E-state index in [1.54, 1.807) is 0 Å². The average molecular weight is 295 g/mol. The summed E-state index contributed by atoms with van der Waals surface area (Å²) in [6.07, 6.45) is 4.77. The van der Waals surface area contributed by atoms with E-state index in [-0.39, 0.29) is 0 Å². The summed E-state index contributed by atoms with van der Waals surface area (Å²) in [4.78, 5) is 2.44. The van der Waals surface area contributed by atoms with Gasteiger partial charge in [0.1, 0.15) is 0 Å². The van der Waals surface area contributed by atoms with Crippen molar-refractivity contribution in [2.75, 3.05) is 31.6 Å². The molecule has 0 aliphatic rings. The van der Waals surface area contributed by atoms with Crippen molar-refractivity contribution in [3.63, 3.8) is 0 Å². The highest BCUT2D eigenvalue weighted by Crippen LogP contribution is 2.07. The zero-order valence-corrected chi connectivity index (χ0v) is 14.1. The molecule has 3 heteroatoms. The Bertz CT molecular complexity index is 333. The van der Waals surface area contributed by atoms with Crippen molar-refractivity contribution in [1.82, 2.24) is 10.2 Å². The molecule has 0 atom stereocenters. The molecule has 114 valence electrons. The summed E-state index contributed by atoms with van der Waals surface area (Å²) >= 11 is 1.93. The lowest BCUT2D eigenvalue weighted by Crippen LogP contribution is -2.22. The molecule has 20 heavy (non-hydrogen) atoms. The summed E-state index contributed by atoms with van der Waals surface area (Å²) in [6, 6.07) is 9.05. The van der Waals surface area contributed by atoms with Gasteiger partial charge in [0.25, 0.3) is 0 Å². The van der Waals surface area contributed by atoms with Crippen LogP contribution in [0.25, 0.3) is 0 Å². The number of hydrogen-bond donors (Lipinski definition) is 1. The number of thioether (sulfide) groups is 1. The number of unbranched alkanes of at least 4 members (excludes halogenated alkanes) is 1. The van der Waals surface area contributed by atoms with Gasteiger partial charge in [0.2, 0.25) is 0 Å². The summed E-state index contributed by atoms with van der Waals surface area (Å²) in [5.74, 6) is 1.28. The molecule has 0 saturated heterocycles. The lowest BCUT2D eigenvalue weighted by atomic mass is 10.1. The number of nitrogens with one attached hydrogen (secondary N) is 1. The molecule has 1 rings (SSSR count). The molecule has 0 spiro atoms. The Kier molecular flexibility index (Phi) is 9.81. The maximum atomic E-state index is 3.52. The molecule has 0 heterocycles. The van der Waals surface area contributed by atoms with Gasteiger partial charge in [-0.3, -0.25) is 4.90 Å². The topological polar surface area (TPSA) is 15.3 Å². The number of benzene rings is 1. The van der Waals surface area contributed by atoms with Crippen LogP contribution < -0.4 is 5.32 Å². The van der Waals surface area contributed by atoms with Crippen molar-refractivity contribution in [1.29, 1.82) is 0 Å². The largest absolute Gasteiger partial charge is 0.313 e. The molecule has 0 aliphatic carbocycles. The van der Waals surface area contributed by atoms with Gasteiger partial charge in [0.05, 0.1) is 0 Å². The van der Waals surface area contributed by atoms with Crippen molar-refractivity contribution < 1.29 is 0 Å². The van der Waals surface area contributed by atoms with Gasteiger partial charge in [-0.1, -0.05) is 38.1 Å². The van der Waals surface area contributed by atoms with Crippen LogP contribution in [0.2, 0.25) is 0 Å². The molecule has 2 nitrogen and oxygen atoms in total. The third-order valence-electron chi connectivity index (χ3n) is 3.60. The Morgan fingerprint density at radius 3 is 2.25 bits per heavy atom. The van der Waals surface area contributed by atoms with Gasteiger partial charge in [0, 0.05) is 13.1 Å². The quantitative estimate of drug-likeness (QED) is 0.626. The molecule has 1 aromatic carbocycles. The van der Waals surface area contributed by atoms with Crippen LogP contribution in [0.3, 0.4) is 0 Å². The summed E-state index contributed by atoms with van der Waals surface area (Å²) in [5, 5.41) is 3.52. The summed E-state index contributed by atoms with van der Waals surface area (Å²) < 4.78 is 0. The Labute approximate surface area is 129 Å². The van der Waals surface area contributed by atoms with Crippen LogP contribution >= 0.6 is 11.8 Å². The summed E-state index contributed by atoms with van der Waals surface area (Å²) in [5.41, 5.74) is 2.80. The van der Waals surface area contributed by atoms with E-state index in [0.717, 1.165) is 32.7 Å². The highest BCUT2D eigenvalue weighted by molar-refractivity contribution is 7.98. The molecule has 0 radical (unpaired) electrons. The first-order chi connectivity index (χ1) is 9.80. The highest BCUT2D eigenvalue weighted by atomic mass is 32.2. The molecular formula is C17H30N2S. The van der Waals surface area contributed by atoms with Crippen LogP contribution in [0.1, 0.15) is 37.8 Å². The fourth-order valence-corrected chi connectivity index (χ4v) is 2.69. The maximum absolute atomic E-state index is 3.52. The molecule has 0 aliphatic heterocycles. The van der Waals surface area contributed by atoms with Crippen molar-refractivity contribution >= 4 is 11.8 Å². The van der Waals surface area contributed by atoms with Gasteiger partial charge in [-0.25, -0.2) is 0 Å². The van der Waals surface area contributed by atoms with Crippen molar-refractivity contribution in [3.8, 4) is 0 Å². The van der Waals surface area contributed by atoms with Gasteiger partial charge < -0.3 is 5.32 Å². The second-order valence-electron chi connectivity index (χ2n) is 5.15. The molecule has 1 N–H and O–H groups in total. The van der Waals surface area contributed by atoms with E-state index in [1.165, 1.54) is 29.7 Å². The average Bonchev–Trinajstić information content (AvgIpc) is 2.49. The minimum atomic E-state index is 0.991. The normalized spacial score (nSPS) is 11.2. The predicted molar refractivity (Wildman–Crippen MR) is 92.4 cm³/mol. The minimum Gasteiger partial charge on any atom is -0.313 e. The van der Waals surface area contributed by atoms with E-state index in [2.05, 4.69) is 54.6 Å².